The Balaban J connectivity index is 1.71. The van der Waals surface area contributed by atoms with Gasteiger partial charge in [0.2, 0.25) is 0 Å². The highest BCUT2D eigenvalue weighted by atomic mass is 79.9. The van der Waals surface area contributed by atoms with E-state index in [1.807, 2.05) is 0 Å². The topological polar surface area (TPSA) is 111 Å². The summed E-state index contributed by atoms with van der Waals surface area (Å²) in [5, 5.41) is 2.17. The molecular weight excluding hydrogens is 612 g/mol. The number of ether oxygens (including phenoxy) is 3. The van der Waals surface area contributed by atoms with Crippen molar-refractivity contribution in [3.63, 3.8) is 0 Å². The lowest BCUT2D eigenvalue weighted by atomic mass is 10.1. The van der Waals surface area contributed by atoms with E-state index in [1.165, 1.54) is 32.4 Å². The summed E-state index contributed by atoms with van der Waals surface area (Å²) in [6.07, 6.45) is 1.26. The lowest BCUT2D eigenvalue weighted by Crippen LogP contribution is -2.54. The molecule has 1 saturated heterocycles. The second-order valence-electron chi connectivity index (χ2n) is 7.58. The second-order valence-corrected chi connectivity index (χ2v) is 9.35. The first-order chi connectivity index (χ1) is 17.7. The summed E-state index contributed by atoms with van der Waals surface area (Å²) in [4.78, 5) is 52.1. The zero-order valence-electron chi connectivity index (χ0n) is 19.4. The monoisotopic (exact) mass is 628 g/mol. The summed E-state index contributed by atoms with van der Waals surface area (Å²) in [5.41, 5.74) is 0.410. The minimum absolute atomic E-state index is 0.0741. The number of halogens is 2. The van der Waals surface area contributed by atoms with Gasteiger partial charge in [-0.3, -0.25) is 14.9 Å². The Kier molecular flexibility index (Phi) is 7.74. The molecular formula is C26H18Br2N2O7. The molecule has 1 N–H and O–H groups in total. The highest BCUT2D eigenvalue weighted by Crippen LogP contribution is 2.36. The lowest BCUT2D eigenvalue weighted by molar-refractivity contribution is -0.122. The molecule has 0 aromatic heterocycles. The first kappa shape index (κ1) is 26.1. The lowest BCUT2D eigenvalue weighted by Gasteiger charge is -2.26. The molecule has 3 aromatic rings. The van der Waals surface area contributed by atoms with Gasteiger partial charge >= 0.3 is 12.0 Å². The van der Waals surface area contributed by atoms with Gasteiger partial charge in [-0.25, -0.2) is 14.5 Å². The number of amides is 4. The molecule has 0 aliphatic carbocycles. The Labute approximate surface area is 228 Å². The van der Waals surface area contributed by atoms with Gasteiger partial charge in [-0.05, 0) is 82.7 Å². The molecule has 9 nitrogen and oxygen atoms in total. The molecule has 1 aliphatic rings. The summed E-state index contributed by atoms with van der Waals surface area (Å²) in [7, 11) is 3.00. The van der Waals surface area contributed by atoms with Gasteiger partial charge in [-0.2, -0.15) is 0 Å². The third-order valence-electron chi connectivity index (χ3n) is 5.29. The summed E-state index contributed by atoms with van der Waals surface area (Å²) < 4.78 is 16.8. The first-order valence-corrected chi connectivity index (χ1v) is 12.2. The van der Waals surface area contributed by atoms with Gasteiger partial charge in [0.15, 0.2) is 5.75 Å². The average molecular weight is 630 g/mol. The van der Waals surface area contributed by atoms with Crippen LogP contribution < -0.4 is 24.4 Å². The number of hydrogen-bond acceptors (Lipinski definition) is 7. The van der Waals surface area contributed by atoms with Gasteiger partial charge in [0, 0.05) is 10.0 Å². The van der Waals surface area contributed by atoms with Crippen molar-refractivity contribution < 1.29 is 33.4 Å². The molecule has 0 unspecified atom stereocenters. The normalized spacial score (nSPS) is 14.4. The third kappa shape index (κ3) is 5.57. The zero-order chi connectivity index (χ0) is 26.7. The van der Waals surface area contributed by atoms with Crippen LogP contribution in [0.5, 0.6) is 17.2 Å². The van der Waals surface area contributed by atoms with Gasteiger partial charge in [-0.15, -0.1) is 0 Å². The van der Waals surface area contributed by atoms with Gasteiger partial charge in [0.25, 0.3) is 11.8 Å². The SMILES string of the molecule is COc1ccc(C(=O)Oc2c(Br)cc(Br)cc2/C=C2/C(=O)NC(=O)N(c3ccc(OC)cc3)C2=O)cc1. The number of nitrogens with one attached hydrogen (secondary N) is 1. The van der Waals surface area contributed by atoms with E-state index in [0.29, 0.717) is 20.4 Å². The molecule has 3 aromatic carbocycles. The Hall–Kier alpha value is -3.96. The van der Waals surface area contributed by atoms with Crippen LogP contribution in [0.15, 0.2) is 75.2 Å². The number of rotatable bonds is 6. The van der Waals surface area contributed by atoms with Crippen molar-refractivity contribution in [3.8, 4) is 17.2 Å². The van der Waals surface area contributed by atoms with Crippen molar-refractivity contribution in [1.29, 1.82) is 0 Å². The summed E-state index contributed by atoms with van der Waals surface area (Å²) >= 11 is 6.74. The number of anilines is 1. The van der Waals surface area contributed by atoms with Crippen LogP contribution in [0.4, 0.5) is 10.5 Å². The molecule has 0 spiro atoms. The summed E-state index contributed by atoms with van der Waals surface area (Å²) in [6, 6.07) is 14.8. The molecule has 11 heteroatoms. The molecule has 0 saturated carbocycles. The molecule has 0 atom stereocenters. The molecule has 1 fully saturated rings. The predicted molar refractivity (Wildman–Crippen MR) is 142 cm³/mol. The Morgan fingerprint density at radius 1 is 0.892 bits per heavy atom. The summed E-state index contributed by atoms with van der Waals surface area (Å²) in [6.45, 7) is 0. The number of urea groups is 1. The van der Waals surface area contributed by atoms with Crippen LogP contribution in [-0.4, -0.2) is 38.0 Å². The fourth-order valence-corrected chi connectivity index (χ4v) is 4.79. The predicted octanol–water partition coefficient (Wildman–Crippen LogP) is 5.11. The van der Waals surface area contributed by atoms with Crippen LogP contribution in [0, 0.1) is 0 Å². The number of imide groups is 2. The number of nitrogens with zero attached hydrogens (tertiary/aromatic N) is 1. The van der Waals surface area contributed by atoms with Crippen LogP contribution in [0.1, 0.15) is 15.9 Å². The van der Waals surface area contributed by atoms with Crippen LogP contribution in [0.2, 0.25) is 0 Å². The highest BCUT2D eigenvalue weighted by molar-refractivity contribution is 9.11. The number of carbonyl (C=O) groups excluding carboxylic acids is 4. The van der Waals surface area contributed by atoms with Crippen LogP contribution in [0.25, 0.3) is 6.08 Å². The fourth-order valence-electron chi connectivity index (χ4n) is 3.45. The molecule has 1 heterocycles. The second kappa shape index (κ2) is 11.0. The number of barbiturate groups is 1. The van der Waals surface area contributed by atoms with Gasteiger partial charge < -0.3 is 14.2 Å². The molecule has 37 heavy (non-hydrogen) atoms. The molecule has 4 rings (SSSR count). The highest BCUT2D eigenvalue weighted by Gasteiger charge is 2.37. The molecule has 0 bridgehead atoms. The summed E-state index contributed by atoms with van der Waals surface area (Å²) in [5.74, 6) is -1.22. The maximum absolute atomic E-state index is 13.3. The van der Waals surface area contributed by atoms with Crippen LogP contribution in [0.3, 0.4) is 0 Å². The number of esters is 1. The smallest absolute Gasteiger partial charge is 0.343 e. The third-order valence-corrected chi connectivity index (χ3v) is 6.34. The average Bonchev–Trinajstić information content (AvgIpc) is 2.88. The van der Waals surface area contributed by atoms with Crippen LogP contribution >= 0.6 is 31.9 Å². The van der Waals surface area contributed by atoms with Crippen molar-refractivity contribution in [3.05, 3.63) is 86.3 Å². The van der Waals surface area contributed by atoms with E-state index in [9.17, 15) is 19.2 Å². The minimum atomic E-state index is -0.890. The van der Waals surface area contributed by atoms with Gasteiger partial charge in [0.05, 0.1) is 29.9 Å². The van der Waals surface area contributed by atoms with E-state index in [1.54, 1.807) is 48.5 Å². The van der Waals surface area contributed by atoms with Crippen LogP contribution in [-0.2, 0) is 9.59 Å². The van der Waals surface area contributed by atoms with E-state index >= 15 is 0 Å². The molecule has 0 radical (unpaired) electrons. The van der Waals surface area contributed by atoms with E-state index in [-0.39, 0.29) is 28.1 Å². The maximum Gasteiger partial charge on any atom is 0.343 e. The van der Waals surface area contributed by atoms with E-state index < -0.39 is 23.8 Å². The quantitative estimate of drug-likeness (QED) is 0.174. The van der Waals surface area contributed by atoms with Crippen molar-refractivity contribution >= 4 is 67.4 Å². The van der Waals surface area contributed by atoms with Crippen molar-refractivity contribution in [2.75, 3.05) is 19.1 Å². The zero-order valence-corrected chi connectivity index (χ0v) is 22.6. The van der Waals surface area contributed by atoms with Crippen molar-refractivity contribution in [2.24, 2.45) is 0 Å². The first-order valence-electron chi connectivity index (χ1n) is 10.6. The van der Waals surface area contributed by atoms with E-state index in [4.69, 9.17) is 14.2 Å². The minimum Gasteiger partial charge on any atom is -0.497 e. The number of hydrogen-bond donors (Lipinski definition) is 1. The van der Waals surface area contributed by atoms with Gasteiger partial charge in [-0.1, -0.05) is 15.9 Å². The number of carbonyl (C=O) groups is 4. The molecule has 188 valence electrons. The fraction of sp³-hybridized carbons (Fsp3) is 0.0769. The Morgan fingerprint density at radius 3 is 2.08 bits per heavy atom. The van der Waals surface area contributed by atoms with Crippen molar-refractivity contribution in [2.45, 2.75) is 0 Å². The molecule has 4 amide bonds. The number of methoxy groups -OCH3 is 2. The maximum atomic E-state index is 13.3. The van der Waals surface area contributed by atoms with E-state index in [0.717, 1.165) is 4.90 Å². The Morgan fingerprint density at radius 2 is 1.49 bits per heavy atom. The molecule has 1 aliphatic heterocycles. The van der Waals surface area contributed by atoms with Crippen molar-refractivity contribution in [1.82, 2.24) is 5.32 Å². The van der Waals surface area contributed by atoms with E-state index in [2.05, 4.69) is 37.2 Å². The number of benzene rings is 3. The largest absolute Gasteiger partial charge is 0.497 e. The Bertz CT molecular complexity index is 1430. The standard InChI is InChI=1S/C26H18Br2N2O7/c1-35-18-7-3-14(4-8-18)25(33)37-22-15(11-16(27)13-21(22)28)12-20-23(31)29-26(34)30(24(20)32)17-5-9-19(36-2)10-6-17/h3-13H,1-2H3,(H,29,31,34)/b20-12-. The van der Waals surface area contributed by atoms with Gasteiger partial charge in [0.1, 0.15) is 17.1 Å².